The highest BCUT2D eigenvalue weighted by atomic mass is 32.2. The van der Waals surface area contributed by atoms with Crippen molar-refractivity contribution in [3.63, 3.8) is 0 Å². The molecule has 0 aliphatic heterocycles. The highest BCUT2D eigenvalue weighted by Gasteiger charge is 2.20. The average molecular weight is 466 g/mol. The topological polar surface area (TPSA) is 57.0 Å². The van der Waals surface area contributed by atoms with E-state index in [0.717, 1.165) is 44.1 Å². The van der Waals surface area contributed by atoms with Crippen LogP contribution in [0.15, 0.2) is 114 Å². The summed E-state index contributed by atoms with van der Waals surface area (Å²) in [7, 11) is 0.394. The number of nitrogens with zero attached hydrogens (tertiary/aromatic N) is 3. The minimum absolute atomic E-state index is 0.323. The van der Waals surface area contributed by atoms with Gasteiger partial charge in [-0.1, -0.05) is 65.9 Å². The van der Waals surface area contributed by atoms with E-state index in [-0.39, 0.29) is 0 Å². The molecule has 5 nitrogen and oxygen atoms in total. The lowest BCUT2D eigenvalue weighted by Gasteiger charge is -2.17. The zero-order valence-corrected chi connectivity index (χ0v) is 19.5. The van der Waals surface area contributed by atoms with E-state index >= 15 is 0 Å². The van der Waals surface area contributed by atoms with Crippen LogP contribution < -0.4 is 4.74 Å². The number of hydrogen-bond acceptors (Lipinski definition) is 4. The van der Waals surface area contributed by atoms with Gasteiger partial charge in [0.1, 0.15) is 11.3 Å². The third-order valence-corrected chi connectivity index (χ3v) is 6.97. The molecule has 5 rings (SSSR count). The molecular formula is C28H23N3O2S. The van der Waals surface area contributed by atoms with E-state index in [2.05, 4.69) is 10.3 Å². The van der Waals surface area contributed by atoms with Crippen LogP contribution >= 0.6 is 0 Å². The summed E-state index contributed by atoms with van der Waals surface area (Å²) in [6.07, 6.45) is 0. The molecule has 1 aromatic heterocycles. The number of benzene rings is 4. The Labute approximate surface area is 200 Å². The predicted molar refractivity (Wildman–Crippen MR) is 137 cm³/mol. The second-order valence-electron chi connectivity index (χ2n) is 7.71. The Morgan fingerprint density at radius 3 is 2.15 bits per heavy atom. The molecule has 168 valence electrons. The molecule has 0 saturated heterocycles. The fraction of sp³-hybridized carbons (Fsp3) is 0.0714. The van der Waals surface area contributed by atoms with Gasteiger partial charge in [-0.05, 0) is 59.7 Å². The van der Waals surface area contributed by atoms with Gasteiger partial charge < -0.3 is 4.74 Å². The Kier molecular flexibility index (Phi) is 6.31. The first-order valence-corrected chi connectivity index (χ1v) is 12.2. The van der Waals surface area contributed by atoms with Gasteiger partial charge in [0.05, 0.1) is 34.9 Å². The Morgan fingerprint density at radius 2 is 1.44 bits per heavy atom. The van der Waals surface area contributed by atoms with Crippen molar-refractivity contribution in [2.24, 2.45) is 0 Å². The molecular weight excluding hydrogens is 442 g/mol. The molecule has 0 amide bonds. The second-order valence-corrected chi connectivity index (χ2v) is 9.17. The fourth-order valence-electron chi connectivity index (χ4n) is 3.92. The maximum absolute atomic E-state index is 13.5. The van der Waals surface area contributed by atoms with Crippen molar-refractivity contribution in [3.8, 4) is 5.75 Å². The van der Waals surface area contributed by atoms with E-state index in [9.17, 15) is 4.21 Å². The Balaban J connectivity index is 1.77. The first-order valence-electron chi connectivity index (χ1n) is 10.9. The summed E-state index contributed by atoms with van der Waals surface area (Å²) in [5.74, 6) is 1.09. The summed E-state index contributed by atoms with van der Waals surface area (Å²) in [5.41, 5.74) is 5.35. The number of methoxy groups -OCH3 is 1. The molecule has 6 heteroatoms. The molecule has 1 heterocycles. The molecule has 1 unspecified atom stereocenters. The van der Waals surface area contributed by atoms with Crippen molar-refractivity contribution in [3.05, 3.63) is 120 Å². The van der Waals surface area contributed by atoms with E-state index in [1.165, 1.54) is 0 Å². The normalized spacial score (nSPS) is 12.9. The van der Waals surface area contributed by atoms with Gasteiger partial charge in [0.25, 0.3) is 0 Å². The van der Waals surface area contributed by atoms with Crippen LogP contribution in [0.4, 0.5) is 0 Å². The minimum Gasteiger partial charge on any atom is -0.497 e. The van der Waals surface area contributed by atoms with E-state index in [1.54, 1.807) is 7.11 Å². The van der Waals surface area contributed by atoms with Crippen LogP contribution in [-0.2, 0) is 10.8 Å². The Morgan fingerprint density at radius 1 is 0.794 bits per heavy atom. The number of para-hydroxylation sites is 1. The van der Waals surface area contributed by atoms with Gasteiger partial charge in [-0.2, -0.15) is 0 Å². The molecule has 1 atom stereocenters. The third-order valence-electron chi connectivity index (χ3n) is 5.62. The van der Waals surface area contributed by atoms with Crippen LogP contribution in [0.2, 0.25) is 0 Å². The number of fused-ring (bicyclic) bond motifs is 1. The second kappa shape index (κ2) is 9.85. The van der Waals surface area contributed by atoms with Crippen molar-refractivity contribution < 1.29 is 8.95 Å². The zero-order chi connectivity index (χ0) is 23.3. The lowest BCUT2D eigenvalue weighted by atomic mass is 10.0. The van der Waals surface area contributed by atoms with E-state index in [4.69, 9.17) is 4.74 Å². The van der Waals surface area contributed by atoms with Crippen LogP contribution in [0.25, 0.3) is 22.3 Å². The van der Waals surface area contributed by atoms with Gasteiger partial charge in [0, 0.05) is 10.5 Å². The van der Waals surface area contributed by atoms with Crippen molar-refractivity contribution >= 4 is 33.1 Å². The molecule has 5 aromatic rings. The van der Waals surface area contributed by atoms with Crippen molar-refractivity contribution in [2.75, 3.05) is 12.9 Å². The van der Waals surface area contributed by atoms with Crippen molar-refractivity contribution in [1.29, 1.82) is 0 Å². The summed E-state index contributed by atoms with van der Waals surface area (Å²) in [6.45, 7) is 0. The van der Waals surface area contributed by atoms with Crippen molar-refractivity contribution in [1.82, 2.24) is 15.0 Å². The summed E-state index contributed by atoms with van der Waals surface area (Å²) < 4.78 is 20.7. The average Bonchev–Trinajstić information content (AvgIpc) is 3.33. The molecule has 0 saturated carbocycles. The van der Waals surface area contributed by atoms with Gasteiger partial charge in [0.2, 0.25) is 0 Å². The summed E-state index contributed by atoms with van der Waals surface area (Å²) in [6, 6.07) is 35.3. The van der Waals surface area contributed by atoms with Crippen LogP contribution in [0.1, 0.15) is 11.1 Å². The summed E-state index contributed by atoms with van der Waals surface area (Å²) >= 11 is 0. The van der Waals surface area contributed by atoms with Gasteiger partial charge in [-0.25, -0.2) is 4.68 Å². The molecule has 4 aromatic carbocycles. The van der Waals surface area contributed by atoms with Crippen LogP contribution in [0.5, 0.6) is 5.75 Å². The van der Waals surface area contributed by atoms with Crippen LogP contribution in [0, 0.1) is 0 Å². The lowest BCUT2D eigenvalue weighted by Crippen LogP contribution is -2.10. The molecule has 0 aliphatic rings. The third kappa shape index (κ3) is 4.40. The highest BCUT2D eigenvalue weighted by Crippen LogP contribution is 2.32. The maximum Gasteiger partial charge on any atom is 0.118 e. The number of hydrogen-bond donors (Lipinski definition) is 0. The molecule has 0 radical (unpaired) electrons. The molecule has 0 aliphatic carbocycles. The van der Waals surface area contributed by atoms with Gasteiger partial charge in [-0.3, -0.25) is 4.21 Å². The first-order chi connectivity index (χ1) is 16.7. The molecule has 0 bridgehead atoms. The van der Waals surface area contributed by atoms with E-state index in [1.807, 2.05) is 114 Å². The maximum atomic E-state index is 13.5. The largest absolute Gasteiger partial charge is 0.497 e. The number of ether oxygens (including phenoxy) is 1. The molecule has 0 spiro atoms. The van der Waals surface area contributed by atoms with E-state index < -0.39 is 10.8 Å². The predicted octanol–water partition coefficient (Wildman–Crippen LogP) is 5.66. The molecule has 0 fully saturated rings. The minimum atomic E-state index is -1.25. The highest BCUT2D eigenvalue weighted by molar-refractivity contribution is 7.85. The summed E-state index contributed by atoms with van der Waals surface area (Å²) in [5, 5.41) is 8.91. The van der Waals surface area contributed by atoms with Crippen LogP contribution in [0.3, 0.4) is 0 Å². The number of aromatic nitrogens is 3. The Hall–Kier alpha value is -4.03. The van der Waals surface area contributed by atoms with Gasteiger partial charge in [-0.15, -0.1) is 5.10 Å². The monoisotopic (exact) mass is 465 g/mol. The number of rotatable bonds is 7. The quantitative estimate of drug-likeness (QED) is 0.291. The fourth-order valence-corrected chi connectivity index (χ4v) is 5.11. The van der Waals surface area contributed by atoms with E-state index in [0.29, 0.717) is 5.75 Å². The standard InChI is InChI=1S/C28H23N3O2S/c1-33-23-18-16-22(17-19-23)28(31-27-15-9-8-14-26(27)29-30-31)25(21-10-4-2-5-11-21)20-34(32)24-12-6-3-7-13-24/h2-19H,20H2,1H3/b28-25+. The van der Waals surface area contributed by atoms with Crippen LogP contribution in [-0.4, -0.2) is 32.1 Å². The SMILES string of the molecule is COc1ccc(/C(=C(/CS(=O)c2ccccc2)c2ccccc2)n2nnc3ccccc32)cc1. The Bertz CT molecular complexity index is 1460. The van der Waals surface area contributed by atoms with Gasteiger partial charge in [0.15, 0.2) is 0 Å². The smallest absolute Gasteiger partial charge is 0.118 e. The first kappa shape index (κ1) is 21.8. The molecule has 0 N–H and O–H groups in total. The lowest BCUT2D eigenvalue weighted by molar-refractivity contribution is 0.415. The zero-order valence-electron chi connectivity index (χ0n) is 18.7. The molecule has 34 heavy (non-hydrogen) atoms. The summed E-state index contributed by atoms with van der Waals surface area (Å²) in [4.78, 5) is 0.786. The van der Waals surface area contributed by atoms with Crippen molar-refractivity contribution in [2.45, 2.75) is 4.90 Å². The van der Waals surface area contributed by atoms with Gasteiger partial charge >= 0.3 is 0 Å².